The Kier molecular flexibility index (Phi) is 4.24. The average molecular weight is 319 g/mol. The number of carbonyl (C=O) groups is 2. The zero-order valence-corrected chi connectivity index (χ0v) is 13.5. The van der Waals surface area contributed by atoms with Gasteiger partial charge in [-0.05, 0) is 48.9 Å². The maximum atomic E-state index is 12.5. The highest BCUT2D eigenvalue weighted by Crippen LogP contribution is 2.21. The molecule has 1 aromatic heterocycles. The van der Waals surface area contributed by atoms with Crippen LogP contribution in [0.4, 0.5) is 5.69 Å². The smallest absolute Gasteiger partial charge is 0.255 e. The number of carbonyl (C=O) groups excluding carboxylic acids is 2. The second-order valence-corrected chi connectivity index (χ2v) is 5.42. The number of fused-ring (bicyclic) bond motifs is 1. The third-order valence-corrected chi connectivity index (χ3v) is 3.92. The molecule has 0 aliphatic heterocycles. The number of anilines is 1. The van der Waals surface area contributed by atoms with Crippen LogP contribution in [0.5, 0.6) is 0 Å². The van der Waals surface area contributed by atoms with Crippen LogP contribution in [0.2, 0.25) is 0 Å². The Hall–Kier alpha value is -3.21. The Balaban J connectivity index is 1.90. The first kappa shape index (κ1) is 15.7. The fraction of sp³-hybridized carbons (Fsp3) is 0.105. The molecule has 0 aliphatic carbocycles. The third kappa shape index (κ3) is 2.96. The first-order valence-electron chi connectivity index (χ1n) is 7.58. The lowest BCUT2D eigenvalue weighted by Crippen LogP contribution is -2.20. The summed E-state index contributed by atoms with van der Waals surface area (Å²) in [6.07, 6.45) is 1.72. The number of hydrogen-bond donors (Lipinski definition) is 2. The second kappa shape index (κ2) is 6.50. The van der Waals surface area contributed by atoms with Crippen LogP contribution in [-0.4, -0.2) is 23.8 Å². The molecule has 5 nitrogen and oxygen atoms in total. The highest BCUT2D eigenvalue weighted by molar-refractivity contribution is 6.07. The van der Waals surface area contributed by atoms with Gasteiger partial charge in [0.25, 0.3) is 11.8 Å². The molecule has 0 spiro atoms. The summed E-state index contributed by atoms with van der Waals surface area (Å²) in [6, 6.07) is 14.4. The van der Waals surface area contributed by atoms with E-state index in [1.54, 1.807) is 43.6 Å². The number of nitrogens with one attached hydrogen (secondary N) is 2. The van der Waals surface area contributed by atoms with E-state index in [0.717, 1.165) is 16.5 Å². The zero-order chi connectivity index (χ0) is 17.1. The van der Waals surface area contributed by atoms with Crippen molar-refractivity contribution >= 4 is 28.4 Å². The van der Waals surface area contributed by atoms with Crippen molar-refractivity contribution in [3.05, 3.63) is 71.4 Å². The van der Waals surface area contributed by atoms with Crippen LogP contribution in [0.25, 0.3) is 10.9 Å². The predicted octanol–water partition coefficient (Wildman–Crippen LogP) is 3.16. The van der Waals surface area contributed by atoms with Gasteiger partial charge in [-0.2, -0.15) is 0 Å². The number of benzene rings is 2. The fourth-order valence-electron chi connectivity index (χ4n) is 2.56. The lowest BCUT2D eigenvalue weighted by molar-refractivity contribution is 0.0960. The van der Waals surface area contributed by atoms with Crippen molar-refractivity contribution in [1.29, 1.82) is 0 Å². The molecule has 0 unspecified atom stereocenters. The van der Waals surface area contributed by atoms with Crippen molar-refractivity contribution in [2.45, 2.75) is 6.92 Å². The van der Waals surface area contributed by atoms with Gasteiger partial charge in [0, 0.05) is 35.4 Å². The van der Waals surface area contributed by atoms with E-state index in [9.17, 15) is 9.59 Å². The summed E-state index contributed by atoms with van der Waals surface area (Å²) < 4.78 is 0. The minimum absolute atomic E-state index is 0.180. The Labute approximate surface area is 139 Å². The molecule has 3 aromatic rings. The van der Waals surface area contributed by atoms with Gasteiger partial charge in [0.1, 0.15) is 0 Å². The number of hydrogen-bond acceptors (Lipinski definition) is 3. The molecule has 0 aliphatic rings. The summed E-state index contributed by atoms with van der Waals surface area (Å²) in [5, 5.41) is 6.37. The summed E-state index contributed by atoms with van der Waals surface area (Å²) in [6.45, 7) is 1.81. The highest BCUT2D eigenvalue weighted by atomic mass is 16.2. The molecule has 1 heterocycles. The van der Waals surface area contributed by atoms with E-state index >= 15 is 0 Å². The minimum atomic E-state index is -0.224. The summed E-state index contributed by atoms with van der Waals surface area (Å²) in [4.78, 5) is 28.6. The Bertz CT molecular complexity index is 935. The molecule has 0 saturated heterocycles. The summed E-state index contributed by atoms with van der Waals surface area (Å²) >= 11 is 0. The van der Waals surface area contributed by atoms with Gasteiger partial charge in [-0.15, -0.1) is 0 Å². The molecular weight excluding hydrogens is 302 g/mol. The molecule has 3 rings (SSSR count). The van der Waals surface area contributed by atoms with E-state index in [1.807, 2.05) is 25.1 Å². The highest BCUT2D eigenvalue weighted by Gasteiger charge is 2.13. The maximum Gasteiger partial charge on any atom is 0.255 e. The first-order valence-corrected chi connectivity index (χ1v) is 7.58. The Morgan fingerprint density at radius 3 is 2.62 bits per heavy atom. The quantitative estimate of drug-likeness (QED) is 0.779. The second-order valence-electron chi connectivity index (χ2n) is 5.42. The first-order chi connectivity index (χ1) is 11.6. The SMILES string of the molecule is CNC(=O)c1cccc(NC(=O)c2ccc3ncccc3c2)c1C. The van der Waals surface area contributed by atoms with Gasteiger partial charge < -0.3 is 10.6 Å². The van der Waals surface area contributed by atoms with Gasteiger partial charge >= 0.3 is 0 Å². The molecule has 2 aromatic carbocycles. The van der Waals surface area contributed by atoms with E-state index in [-0.39, 0.29) is 11.8 Å². The fourth-order valence-corrected chi connectivity index (χ4v) is 2.56. The number of rotatable bonds is 3. The van der Waals surface area contributed by atoms with Crippen molar-refractivity contribution in [3.63, 3.8) is 0 Å². The lowest BCUT2D eigenvalue weighted by Gasteiger charge is -2.12. The molecule has 0 radical (unpaired) electrons. The summed E-state index contributed by atoms with van der Waals surface area (Å²) in [5.41, 5.74) is 3.27. The van der Waals surface area contributed by atoms with Crippen molar-refractivity contribution in [1.82, 2.24) is 10.3 Å². The lowest BCUT2D eigenvalue weighted by atomic mass is 10.1. The van der Waals surface area contributed by atoms with E-state index in [2.05, 4.69) is 15.6 Å². The van der Waals surface area contributed by atoms with Crippen LogP contribution in [0.15, 0.2) is 54.7 Å². The normalized spacial score (nSPS) is 10.4. The van der Waals surface area contributed by atoms with Gasteiger partial charge in [-0.3, -0.25) is 14.6 Å². The number of aromatic nitrogens is 1. The van der Waals surface area contributed by atoms with E-state index < -0.39 is 0 Å². The number of amides is 2. The summed E-state index contributed by atoms with van der Waals surface area (Å²) in [5.74, 6) is -0.404. The number of nitrogens with zero attached hydrogens (tertiary/aromatic N) is 1. The molecule has 5 heteroatoms. The Morgan fingerprint density at radius 1 is 1.00 bits per heavy atom. The van der Waals surface area contributed by atoms with Crippen LogP contribution in [0, 0.1) is 6.92 Å². The van der Waals surface area contributed by atoms with Crippen molar-refractivity contribution in [2.75, 3.05) is 12.4 Å². The van der Waals surface area contributed by atoms with Gasteiger partial charge in [-0.1, -0.05) is 12.1 Å². The predicted molar refractivity (Wildman–Crippen MR) is 94.3 cm³/mol. The summed E-state index contributed by atoms with van der Waals surface area (Å²) in [7, 11) is 1.58. The molecule has 24 heavy (non-hydrogen) atoms. The molecule has 0 fully saturated rings. The van der Waals surface area contributed by atoms with Crippen LogP contribution in [-0.2, 0) is 0 Å². The minimum Gasteiger partial charge on any atom is -0.355 e. The van der Waals surface area contributed by atoms with Crippen molar-refractivity contribution < 1.29 is 9.59 Å². The van der Waals surface area contributed by atoms with Crippen LogP contribution in [0.1, 0.15) is 26.3 Å². The van der Waals surface area contributed by atoms with Crippen LogP contribution >= 0.6 is 0 Å². The van der Waals surface area contributed by atoms with E-state index in [1.165, 1.54) is 0 Å². The van der Waals surface area contributed by atoms with Crippen LogP contribution in [0.3, 0.4) is 0 Å². The Morgan fingerprint density at radius 2 is 1.83 bits per heavy atom. The average Bonchev–Trinajstić information content (AvgIpc) is 2.62. The molecule has 0 atom stereocenters. The molecular formula is C19H17N3O2. The van der Waals surface area contributed by atoms with Crippen molar-refractivity contribution in [2.24, 2.45) is 0 Å². The molecule has 2 amide bonds. The standard InChI is InChI=1S/C19H17N3O2/c1-12-15(19(24)20-2)6-3-7-16(12)22-18(23)14-8-9-17-13(11-14)5-4-10-21-17/h3-11H,1-2H3,(H,20,24)(H,22,23). The zero-order valence-electron chi connectivity index (χ0n) is 13.5. The van der Waals surface area contributed by atoms with Crippen LogP contribution < -0.4 is 10.6 Å². The largest absolute Gasteiger partial charge is 0.355 e. The van der Waals surface area contributed by atoms with E-state index in [0.29, 0.717) is 16.8 Å². The van der Waals surface area contributed by atoms with Crippen molar-refractivity contribution in [3.8, 4) is 0 Å². The van der Waals surface area contributed by atoms with E-state index in [4.69, 9.17) is 0 Å². The molecule has 0 bridgehead atoms. The van der Waals surface area contributed by atoms with Gasteiger partial charge in [0.05, 0.1) is 5.52 Å². The molecule has 2 N–H and O–H groups in total. The number of pyridine rings is 1. The third-order valence-electron chi connectivity index (χ3n) is 3.92. The topological polar surface area (TPSA) is 71.1 Å². The monoisotopic (exact) mass is 319 g/mol. The van der Waals surface area contributed by atoms with Gasteiger partial charge in [0.15, 0.2) is 0 Å². The molecule has 120 valence electrons. The molecule has 0 saturated carbocycles. The van der Waals surface area contributed by atoms with Gasteiger partial charge in [0.2, 0.25) is 0 Å². The maximum absolute atomic E-state index is 12.5. The van der Waals surface area contributed by atoms with Gasteiger partial charge in [-0.25, -0.2) is 0 Å².